The maximum atomic E-state index is 12.9. The fourth-order valence-electron chi connectivity index (χ4n) is 16.4. The minimum atomic E-state index is -3.93. The summed E-state index contributed by atoms with van der Waals surface area (Å²) in [6.07, 6.45) is 0. The van der Waals surface area contributed by atoms with E-state index < -0.39 is 12.0 Å². The summed E-state index contributed by atoms with van der Waals surface area (Å²) in [6.45, 7) is -3.42. The van der Waals surface area contributed by atoms with Crippen LogP contribution in [0.3, 0.4) is 0 Å². The molecule has 0 aromatic carbocycles. The van der Waals surface area contributed by atoms with Crippen LogP contribution in [0.5, 0.6) is 0 Å². The van der Waals surface area contributed by atoms with Crippen LogP contribution in [-0.4, -0.2) is 9.15 Å². The van der Waals surface area contributed by atoms with Gasteiger partial charge >= 0.3 is 83.9 Å². The van der Waals surface area contributed by atoms with Gasteiger partial charge in [0.25, 0.3) is 0 Å². The minimum absolute atomic E-state index is 0.0304. The van der Waals surface area contributed by atoms with Crippen LogP contribution in [0.1, 0.15) is 0 Å². The molecule has 1 spiro atoms. The molecule has 0 radical (unpaired) electrons. The molecule has 10 heterocycles. The van der Waals surface area contributed by atoms with Crippen molar-refractivity contribution in [2.75, 3.05) is 0 Å². The van der Waals surface area contributed by atoms with Crippen molar-refractivity contribution in [3.05, 3.63) is 0 Å². The van der Waals surface area contributed by atoms with Gasteiger partial charge in [-0.25, -0.2) is 0 Å². The van der Waals surface area contributed by atoms with Gasteiger partial charge in [0, 0.05) is 0 Å². The molecule has 0 bridgehead atoms. The molecule has 0 N–H and O–H groups in total. The van der Waals surface area contributed by atoms with Gasteiger partial charge in [-0.3, -0.25) is 0 Å². The van der Waals surface area contributed by atoms with Crippen molar-refractivity contribution < 1.29 is 19.7 Å². The van der Waals surface area contributed by atoms with Gasteiger partial charge in [-0.2, -0.15) is 0 Å². The topological polar surface area (TPSA) is 0 Å². The van der Waals surface area contributed by atoms with Gasteiger partial charge in [-0.1, -0.05) is 0 Å². The first kappa shape index (κ1) is 6.20. The Morgan fingerprint density at radius 3 is 1.44 bits per heavy atom. The van der Waals surface area contributed by atoms with E-state index in [2.05, 4.69) is 0 Å². The summed E-state index contributed by atoms with van der Waals surface area (Å²) < 4.78 is 38.8. The normalized spacial score (nSPS) is 127. The fourth-order valence-corrected chi connectivity index (χ4v) is 98.6. The van der Waals surface area contributed by atoms with Crippen molar-refractivity contribution in [2.24, 2.45) is 0 Å². The summed E-state index contributed by atoms with van der Waals surface area (Å²) >= 11 is 0.570. The van der Waals surface area contributed by atoms with Crippen molar-refractivity contribution in [3.63, 3.8) is 0 Å². The molecular formula is C11H9F3FeS. The number of halogens is 3. The first-order valence-corrected chi connectivity index (χ1v) is 13.3. The van der Waals surface area contributed by atoms with Crippen LogP contribution in [-0.2, 0) is 6.51 Å². The second kappa shape index (κ2) is 0.459. The second-order valence-corrected chi connectivity index (χ2v) is 35.4. The first-order chi connectivity index (χ1) is 7.25. The molecule has 10 aliphatic rings. The molecule has 10 rings (SSSR count). The molecule has 0 aromatic heterocycles. The van der Waals surface area contributed by atoms with Crippen molar-refractivity contribution in [1.82, 2.24) is 0 Å². The summed E-state index contributed by atoms with van der Waals surface area (Å²) in [4.78, 5) is 8.65. The first-order valence-electron chi connectivity index (χ1n) is 6.23. The van der Waals surface area contributed by atoms with E-state index in [1.54, 1.807) is 0 Å². The van der Waals surface area contributed by atoms with Gasteiger partial charge in [0.1, 0.15) is 0 Å². The SMILES string of the molecule is FC(F)(F)S[C]12[CH]3[CH]4[CH]5[CH]1[Fe]45321678[CH]2[CH]1[CH]6[CH]7[CH]28. The number of rotatable bonds is 1. The van der Waals surface area contributed by atoms with Gasteiger partial charge in [0.2, 0.25) is 0 Å². The van der Waals surface area contributed by atoms with Crippen molar-refractivity contribution in [2.45, 2.75) is 52.5 Å². The number of hydrogen-bond donors (Lipinski definition) is 0. The molecule has 5 heteroatoms. The molecule has 10 aliphatic heterocycles. The van der Waals surface area contributed by atoms with Crippen LogP contribution in [0, 0.1) is 0 Å². The molecule has 4 atom stereocenters. The summed E-state index contributed by atoms with van der Waals surface area (Å²) in [5, 5.41) is 0. The molecule has 88 valence electrons. The predicted octanol–water partition coefficient (Wildman–Crippen LogP) is 4.54. The molecule has 10 saturated heterocycles. The Kier molecular flexibility index (Phi) is 0.178. The van der Waals surface area contributed by atoms with Crippen molar-refractivity contribution in [1.29, 1.82) is 0 Å². The van der Waals surface area contributed by atoms with E-state index in [-0.39, 0.29) is 3.65 Å². The maximum absolute atomic E-state index is 12.9. The number of thioether (sulfide) groups is 1. The van der Waals surface area contributed by atoms with Crippen LogP contribution >= 0.6 is 11.8 Å². The second-order valence-electron chi connectivity index (χ2n) is 10.2. The average molecular weight is 286 g/mol. The predicted molar refractivity (Wildman–Crippen MR) is 50.1 cm³/mol. The zero-order chi connectivity index (χ0) is 10.2. The number of fused-ring (bicyclic) bond motifs is 10. The fraction of sp³-hybridized carbons (Fsp3) is 1.00. The summed E-state index contributed by atoms with van der Waals surface area (Å²) in [5.41, 5.74) is -3.93. The van der Waals surface area contributed by atoms with Gasteiger partial charge < -0.3 is 0 Å². The van der Waals surface area contributed by atoms with E-state index in [0.29, 0.717) is 11.8 Å². The molecule has 4 unspecified atom stereocenters. The third-order valence-electron chi connectivity index (χ3n) is 14.8. The molecular weight excluding hydrogens is 277 g/mol. The molecule has 0 aliphatic carbocycles. The van der Waals surface area contributed by atoms with E-state index in [9.17, 15) is 13.2 Å². The third-order valence-corrected chi connectivity index (χ3v) is 61.5. The van der Waals surface area contributed by atoms with Crippen molar-refractivity contribution in [3.8, 4) is 0 Å². The summed E-state index contributed by atoms with van der Waals surface area (Å²) in [6, 6.07) is 0. The Morgan fingerprint density at radius 2 is 1.25 bits per heavy atom. The third kappa shape index (κ3) is 0.0567. The monoisotopic (exact) mass is 286 g/mol. The number of hydrogen-bond acceptors (Lipinski definition) is 1. The quantitative estimate of drug-likeness (QED) is 0.638. The summed E-state index contributed by atoms with van der Waals surface area (Å²) in [7, 11) is 0. The van der Waals surface area contributed by atoms with E-state index in [0.717, 1.165) is 43.3 Å². The van der Waals surface area contributed by atoms with Crippen molar-refractivity contribution >= 4 is 11.8 Å². The van der Waals surface area contributed by atoms with Crippen LogP contribution in [0.25, 0.3) is 0 Å². The zero-order valence-corrected chi connectivity index (χ0v) is 10.0. The van der Waals surface area contributed by atoms with E-state index >= 15 is 0 Å². The molecule has 0 amide bonds. The van der Waals surface area contributed by atoms with E-state index in [1.165, 1.54) is 0 Å². The number of alkyl halides is 3. The summed E-state index contributed by atoms with van der Waals surface area (Å²) in [5.74, 6) is 0. The Labute approximate surface area is 84.0 Å². The molecule has 10 fully saturated rings. The Bertz CT molecular complexity index is 865. The molecule has 16 heavy (non-hydrogen) atoms. The molecule has 0 nitrogen and oxygen atoms in total. The van der Waals surface area contributed by atoms with Crippen LogP contribution in [0.4, 0.5) is 13.2 Å². The Morgan fingerprint density at radius 1 is 0.812 bits per heavy atom. The average Bonchev–Trinajstić information content (AvgIpc) is 3.10. The van der Waals surface area contributed by atoms with Crippen LogP contribution < -0.4 is 0 Å². The Balaban J connectivity index is 1.61. The van der Waals surface area contributed by atoms with Gasteiger partial charge in [0.15, 0.2) is 0 Å². The van der Waals surface area contributed by atoms with Crippen LogP contribution in [0.15, 0.2) is 0 Å². The molecule has 0 saturated carbocycles. The van der Waals surface area contributed by atoms with Gasteiger partial charge in [0.05, 0.1) is 0 Å². The van der Waals surface area contributed by atoms with Crippen LogP contribution in [0.2, 0.25) is 43.3 Å². The Hall–Kier alpha value is 0.659. The molecule has 0 aromatic rings. The standard InChI is InChI=1S/C6H4F3S.C5H5.Fe/c7-6(8,9)10-5-3-1-2-4-5;1-2-4-5-3-1;/h1-4H;1-5H;. The van der Waals surface area contributed by atoms with E-state index in [1.807, 2.05) is 0 Å². The van der Waals surface area contributed by atoms with Gasteiger partial charge in [-0.15, -0.1) is 0 Å². The van der Waals surface area contributed by atoms with E-state index in [4.69, 9.17) is 0 Å². The van der Waals surface area contributed by atoms with Gasteiger partial charge in [-0.05, 0) is 0 Å². The zero-order valence-electron chi connectivity index (χ0n) is 8.09.